The number of carboxylic acid groups (broad SMARTS) is 1. The topological polar surface area (TPSA) is 78.5 Å². The average molecular weight is 363 g/mol. The minimum absolute atomic E-state index is 0. The number of amides is 1. The van der Waals surface area contributed by atoms with Crippen LogP contribution in [-0.2, 0) is 16.0 Å². The Morgan fingerprint density at radius 2 is 1.54 bits per heavy atom. The predicted molar refractivity (Wildman–Crippen MR) is 93.7 cm³/mol. The normalized spacial score (nSPS) is 11.8. The van der Waals surface area contributed by atoms with E-state index in [9.17, 15) is 14.7 Å². The molecule has 5 nitrogen and oxygen atoms in total. The van der Waals surface area contributed by atoms with Crippen molar-refractivity contribution in [3.05, 3.63) is 60.2 Å². The van der Waals surface area contributed by atoms with Crippen molar-refractivity contribution in [1.29, 1.82) is 0 Å². The Bertz CT molecular complexity index is 724. The van der Waals surface area contributed by atoms with Crippen molar-refractivity contribution in [2.24, 2.45) is 0 Å². The molecule has 0 bridgehead atoms. The standard InChI is InChI=1S/C20H23NO4.Na/c1-20(2,3)25-19(24)21-17(18(22)23)13-14-9-11-16(12-10-14)15-7-5-4-6-8-15;/h4-12,17H,13H2,1-3H3,(H,21,24)(H,22,23);/q;+1/p-1/t17-;/m0./s1. The monoisotopic (exact) mass is 363 g/mol. The molecule has 0 aliphatic rings. The van der Waals surface area contributed by atoms with E-state index in [1.165, 1.54) is 0 Å². The number of nitrogens with one attached hydrogen (secondary N) is 1. The molecule has 2 aromatic rings. The van der Waals surface area contributed by atoms with Crippen molar-refractivity contribution in [2.45, 2.75) is 38.8 Å². The van der Waals surface area contributed by atoms with Crippen LogP contribution in [0.3, 0.4) is 0 Å². The van der Waals surface area contributed by atoms with Crippen LogP contribution in [0.25, 0.3) is 11.1 Å². The summed E-state index contributed by atoms with van der Waals surface area (Å²) in [4.78, 5) is 23.1. The third-order valence-electron chi connectivity index (χ3n) is 3.48. The van der Waals surface area contributed by atoms with Gasteiger partial charge in [0, 0.05) is 0 Å². The second-order valence-electron chi connectivity index (χ2n) is 6.78. The maximum Gasteiger partial charge on any atom is 1.00 e. The van der Waals surface area contributed by atoms with Gasteiger partial charge in [-0.25, -0.2) is 4.79 Å². The minimum atomic E-state index is -1.35. The van der Waals surface area contributed by atoms with Gasteiger partial charge in [0.2, 0.25) is 0 Å². The van der Waals surface area contributed by atoms with Gasteiger partial charge in [0.1, 0.15) is 5.60 Å². The summed E-state index contributed by atoms with van der Waals surface area (Å²) in [6, 6.07) is 16.2. The molecule has 0 aromatic heterocycles. The summed E-state index contributed by atoms with van der Waals surface area (Å²) >= 11 is 0. The molecule has 0 saturated heterocycles. The molecule has 6 heteroatoms. The van der Waals surface area contributed by atoms with Crippen LogP contribution in [0.1, 0.15) is 26.3 Å². The number of rotatable bonds is 5. The summed E-state index contributed by atoms with van der Waals surface area (Å²) in [5, 5.41) is 13.7. The van der Waals surface area contributed by atoms with E-state index in [4.69, 9.17) is 4.74 Å². The Balaban J connectivity index is 0.00000338. The number of carbonyl (C=O) groups excluding carboxylic acids is 2. The molecule has 26 heavy (non-hydrogen) atoms. The van der Waals surface area contributed by atoms with E-state index in [1.807, 2.05) is 54.6 Å². The second-order valence-corrected chi connectivity index (χ2v) is 6.78. The van der Waals surface area contributed by atoms with Gasteiger partial charge in [0.05, 0.1) is 12.0 Å². The summed E-state index contributed by atoms with van der Waals surface area (Å²) in [5.74, 6) is -1.35. The smallest absolute Gasteiger partial charge is 0.548 e. The molecule has 1 N–H and O–H groups in total. The summed E-state index contributed by atoms with van der Waals surface area (Å²) in [6.45, 7) is 5.13. The summed E-state index contributed by atoms with van der Waals surface area (Å²) in [7, 11) is 0. The second kappa shape index (κ2) is 9.76. The first kappa shape index (κ1) is 22.2. The molecular formula is C20H22NNaO4. The number of alkyl carbamates (subject to hydrolysis) is 1. The molecule has 2 rings (SSSR count). The van der Waals surface area contributed by atoms with Gasteiger partial charge >= 0.3 is 35.7 Å². The van der Waals surface area contributed by atoms with E-state index >= 15 is 0 Å². The fourth-order valence-corrected chi connectivity index (χ4v) is 2.34. The van der Waals surface area contributed by atoms with E-state index < -0.39 is 23.7 Å². The van der Waals surface area contributed by atoms with E-state index in [0.29, 0.717) is 0 Å². The maximum atomic E-state index is 11.8. The van der Waals surface area contributed by atoms with Crippen LogP contribution in [0, 0.1) is 0 Å². The first-order valence-electron chi connectivity index (χ1n) is 8.09. The van der Waals surface area contributed by atoms with Gasteiger partial charge in [-0.15, -0.1) is 0 Å². The molecule has 1 atom stereocenters. The molecule has 0 heterocycles. The van der Waals surface area contributed by atoms with Crippen LogP contribution in [-0.4, -0.2) is 23.7 Å². The molecule has 0 spiro atoms. The molecule has 0 aliphatic carbocycles. The van der Waals surface area contributed by atoms with E-state index in [0.717, 1.165) is 16.7 Å². The van der Waals surface area contributed by atoms with Crippen molar-refractivity contribution < 1.29 is 49.0 Å². The number of carbonyl (C=O) groups is 2. The number of hydrogen-bond donors (Lipinski definition) is 1. The SMILES string of the molecule is CC(C)(C)OC(=O)N[C@@H](Cc1ccc(-c2ccccc2)cc1)C(=O)[O-].[Na+]. The van der Waals surface area contributed by atoms with Crippen LogP contribution in [0.5, 0.6) is 0 Å². The summed E-state index contributed by atoms with van der Waals surface area (Å²) in [6.07, 6.45) is -0.654. The molecular weight excluding hydrogens is 341 g/mol. The number of benzene rings is 2. The quantitative estimate of drug-likeness (QED) is 0.730. The van der Waals surface area contributed by atoms with Gasteiger partial charge in [0.25, 0.3) is 0 Å². The van der Waals surface area contributed by atoms with Crippen LogP contribution in [0.2, 0.25) is 0 Å². The fraction of sp³-hybridized carbons (Fsp3) is 0.300. The van der Waals surface area contributed by atoms with Gasteiger partial charge in [0.15, 0.2) is 0 Å². The number of carboxylic acids is 1. The Morgan fingerprint density at radius 3 is 2.04 bits per heavy atom. The number of hydrogen-bond acceptors (Lipinski definition) is 4. The van der Waals surface area contributed by atoms with E-state index in [2.05, 4.69) is 5.32 Å². The Labute approximate surface area is 176 Å². The Hall–Kier alpha value is -1.82. The van der Waals surface area contributed by atoms with Gasteiger partial charge in [-0.1, -0.05) is 54.6 Å². The number of aliphatic carboxylic acids is 1. The van der Waals surface area contributed by atoms with Crippen molar-refractivity contribution in [3.63, 3.8) is 0 Å². The Morgan fingerprint density at radius 1 is 1.00 bits per heavy atom. The third-order valence-corrected chi connectivity index (χ3v) is 3.48. The molecule has 0 aliphatic heterocycles. The van der Waals surface area contributed by atoms with Crippen LogP contribution >= 0.6 is 0 Å². The van der Waals surface area contributed by atoms with Crippen LogP contribution in [0.4, 0.5) is 4.79 Å². The molecule has 0 fully saturated rings. The zero-order valence-corrected chi connectivity index (χ0v) is 17.6. The maximum absolute atomic E-state index is 11.8. The van der Waals surface area contributed by atoms with Gasteiger partial charge in [-0.05, 0) is 43.9 Å². The van der Waals surface area contributed by atoms with E-state index in [1.54, 1.807) is 20.8 Å². The van der Waals surface area contributed by atoms with E-state index in [-0.39, 0.29) is 36.0 Å². The molecule has 2 aromatic carbocycles. The van der Waals surface area contributed by atoms with Crippen molar-refractivity contribution in [2.75, 3.05) is 0 Å². The summed E-state index contributed by atoms with van der Waals surface area (Å²) < 4.78 is 5.09. The molecule has 1 amide bonds. The predicted octanol–water partition coefficient (Wildman–Crippen LogP) is -0.457. The molecule has 0 unspecified atom stereocenters. The number of ether oxygens (including phenoxy) is 1. The first-order chi connectivity index (χ1) is 11.7. The van der Waals surface area contributed by atoms with Crippen LogP contribution in [0.15, 0.2) is 54.6 Å². The average Bonchev–Trinajstić information content (AvgIpc) is 2.54. The van der Waals surface area contributed by atoms with Gasteiger partial charge in [-0.2, -0.15) is 0 Å². The first-order valence-corrected chi connectivity index (χ1v) is 8.09. The largest absolute Gasteiger partial charge is 1.00 e. The third kappa shape index (κ3) is 7.20. The Kier molecular flexibility index (Phi) is 8.34. The summed E-state index contributed by atoms with van der Waals surface area (Å²) in [5.41, 5.74) is 2.20. The fourth-order valence-electron chi connectivity index (χ4n) is 2.34. The van der Waals surface area contributed by atoms with Gasteiger partial charge in [-0.3, -0.25) is 0 Å². The van der Waals surface area contributed by atoms with Crippen molar-refractivity contribution in [3.8, 4) is 11.1 Å². The zero-order chi connectivity index (χ0) is 18.4. The zero-order valence-electron chi connectivity index (χ0n) is 15.6. The van der Waals surface area contributed by atoms with Crippen LogP contribution < -0.4 is 40.0 Å². The molecule has 132 valence electrons. The molecule has 0 saturated carbocycles. The van der Waals surface area contributed by atoms with Gasteiger partial charge < -0.3 is 20.0 Å². The van der Waals surface area contributed by atoms with Crippen molar-refractivity contribution >= 4 is 12.1 Å². The minimum Gasteiger partial charge on any atom is -0.548 e. The molecule has 0 radical (unpaired) electrons. The van der Waals surface area contributed by atoms with Crippen molar-refractivity contribution in [1.82, 2.24) is 5.32 Å².